The molecule has 0 aliphatic carbocycles. The Bertz CT molecular complexity index is 746. The van der Waals surface area contributed by atoms with E-state index in [0.29, 0.717) is 18.7 Å². The second-order valence-electron chi connectivity index (χ2n) is 5.60. The largest absolute Gasteiger partial charge is 0.497 e. The Morgan fingerprint density at radius 2 is 1.44 bits per heavy atom. The third-order valence-electron chi connectivity index (χ3n) is 3.79. The van der Waals surface area contributed by atoms with Gasteiger partial charge in [0.1, 0.15) is 23.9 Å². The molecule has 7 heteroatoms. The molecular formula is C20H24N2O5. The number of rotatable bonds is 9. The molecule has 0 aliphatic heterocycles. The van der Waals surface area contributed by atoms with Crippen LogP contribution in [0.25, 0.3) is 0 Å². The van der Waals surface area contributed by atoms with E-state index < -0.39 is 11.8 Å². The lowest BCUT2D eigenvalue weighted by atomic mass is 10.1. The molecule has 0 aromatic heterocycles. The van der Waals surface area contributed by atoms with E-state index in [1.165, 1.54) is 0 Å². The lowest BCUT2D eigenvalue weighted by molar-refractivity contribution is -0.139. The van der Waals surface area contributed by atoms with Crippen LogP contribution in [0.1, 0.15) is 5.56 Å². The minimum Gasteiger partial charge on any atom is -0.497 e. The van der Waals surface area contributed by atoms with Crippen molar-refractivity contribution in [3.63, 3.8) is 0 Å². The van der Waals surface area contributed by atoms with E-state index in [9.17, 15) is 9.59 Å². The molecule has 0 fully saturated rings. The first-order chi connectivity index (χ1) is 13.1. The lowest BCUT2D eigenvalue weighted by Crippen LogP contribution is -2.42. The molecule has 144 valence electrons. The zero-order valence-corrected chi connectivity index (χ0v) is 15.5. The molecule has 2 aromatic carbocycles. The Morgan fingerprint density at radius 3 is 2.11 bits per heavy atom. The second-order valence-corrected chi connectivity index (χ2v) is 5.60. The van der Waals surface area contributed by atoms with Gasteiger partial charge in [-0.25, -0.2) is 0 Å². The Hall–Kier alpha value is -3.22. The van der Waals surface area contributed by atoms with E-state index in [-0.39, 0.29) is 13.2 Å². The first-order valence-electron chi connectivity index (χ1n) is 8.59. The molecule has 0 bridgehead atoms. The summed E-state index contributed by atoms with van der Waals surface area (Å²) < 4.78 is 15.8. The molecule has 2 amide bonds. The summed E-state index contributed by atoms with van der Waals surface area (Å²) >= 11 is 0. The summed E-state index contributed by atoms with van der Waals surface area (Å²) in [7, 11) is 3.19. The predicted molar refractivity (Wildman–Crippen MR) is 101 cm³/mol. The van der Waals surface area contributed by atoms with Crippen molar-refractivity contribution in [3.05, 3.63) is 54.1 Å². The van der Waals surface area contributed by atoms with Gasteiger partial charge in [0.15, 0.2) is 0 Å². The Labute approximate surface area is 158 Å². The van der Waals surface area contributed by atoms with Crippen LogP contribution in [0.15, 0.2) is 48.5 Å². The van der Waals surface area contributed by atoms with Gasteiger partial charge in [0.25, 0.3) is 0 Å². The average molecular weight is 372 g/mol. The van der Waals surface area contributed by atoms with Gasteiger partial charge in [0, 0.05) is 6.54 Å². The van der Waals surface area contributed by atoms with Crippen molar-refractivity contribution in [1.29, 1.82) is 0 Å². The predicted octanol–water partition coefficient (Wildman–Crippen LogP) is 1.56. The lowest BCUT2D eigenvalue weighted by Gasteiger charge is -2.10. The first kappa shape index (κ1) is 20.1. The van der Waals surface area contributed by atoms with Crippen LogP contribution in [0.2, 0.25) is 0 Å². The molecule has 2 N–H and O–H groups in total. The molecule has 2 aromatic rings. The number of nitrogens with one attached hydrogen (secondary N) is 2. The zero-order valence-electron chi connectivity index (χ0n) is 15.5. The summed E-state index contributed by atoms with van der Waals surface area (Å²) in [5, 5.41) is 5.11. The van der Waals surface area contributed by atoms with Gasteiger partial charge in [-0.05, 0) is 42.3 Å². The van der Waals surface area contributed by atoms with Gasteiger partial charge in [0.2, 0.25) is 0 Å². The standard InChI is InChI=1S/C20H24N2O5/c1-25-16-7-9-17(10-8-16)27-14-13-22-20(24)19(23)21-12-11-15-5-3-4-6-18(15)26-2/h3-10H,11-14H2,1-2H3,(H,21,23)(H,22,24). The van der Waals surface area contributed by atoms with Crippen LogP contribution >= 0.6 is 0 Å². The van der Waals surface area contributed by atoms with Crippen LogP contribution in [-0.4, -0.2) is 45.7 Å². The fourth-order valence-corrected chi connectivity index (χ4v) is 2.39. The van der Waals surface area contributed by atoms with Gasteiger partial charge in [-0.3, -0.25) is 9.59 Å². The van der Waals surface area contributed by atoms with Crippen molar-refractivity contribution in [2.24, 2.45) is 0 Å². The smallest absolute Gasteiger partial charge is 0.309 e. The number of methoxy groups -OCH3 is 2. The van der Waals surface area contributed by atoms with E-state index in [1.54, 1.807) is 38.5 Å². The SMILES string of the molecule is COc1ccc(OCCNC(=O)C(=O)NCCc2ccccc2OC)cc1. The average Bonchev–Trinajstić information content (AvgIpc) is 2.71. The number of hydrogen-bond acceptors (Lipinski definition) is 5. The highest BCUT2D eigenvalue weighted by Gasteiger charge is 2.12. The summed E-state index contributed by atoms with van der Waals surface area (Å²) in [5.74, 6) is 0.793. The number of amides is 2. The van der Waals surface area contributed by atoms with Crippen LogP contribution in [0.5, 0.6) is 17.2 Å². The summed E-state index contributed by atoms with van der Waals surface area (Å²) in [6, 6.07) is 14.6. The minimum atomic E-state index is -0.687. The molecule has 7 nitrogen and oxygen atoms in total. The minimum absolute atomic E-state index is 0.227. The summed E-state index contributed by atoms with van der Waals surface area (Å²) in [4.78, 5) is 23.6. The van der Waals surface area contributed by atoms with Crippen molar-refractivity contribution in [3.8, 4) is 17.2 Å². The first-order valence-corrected chi connectivity index (χ1v) is 8.59. The van der Waals surface area contributed by atoms with E-state index in [4.69, 9.17) is 14.2 Å². The van der Waals surface area contributed by atoms with Gasteiger partial charge >= 0.3 is 11.8 Å². The topological polar surface area (TPSA) is 85.9 Å². The van der Waals surface area contributed by atoms with Gasteiger partial charge in [-0.2, -0.15) is 0 Å². The van der Waals surface area contributed by atoms with Crippen molar-refractivity contribution in [2.45, 2.75) is 6.42 Å². The highest BCUT2D eigenvalue weighted by Crippen LogP contribution is 2.17. The molecule has 27 heavy (non-hydrogen) atoms. The number of ether oxygens (including phenoxy) is 3. The van der Waals surface area contributed by atoms with Crippen molar-refractivity contribution < 1.29 is 23.8 Å². The molecule has 0 aliphatic rings. The third kappa shape index (κ3) is 6.54. The summed E-state index contributed by atoms with van der Waals surface area (Å²) in [5.41, 5.74) is 0.966. The number of hydrogen-bond donors (Lipinski definition) is 2. The van der Waals surface area contributed by atoms with Crippen LogP contribution in [-0.2, 0) is 16.0 Å². The van der Waals surface area contributed by atoms with Gasteiger partial charge < -0.3 is 24.8 Å². The van der Waals surface area contributed by atoms with Gasteiger partial charge in [-0.1, -0.05) is 18.2 Å². The summed E-state index contributed by atoms with van der Waals surface area (Å²) in [6.07, 6.45) is 0.573. The monoisotopic (exact) mass is 372 g/mol. The van der Waals surface area contributed by atoms with Crippen LogP contribution in [0.3, 0.4) is 0 Å². The van der Waals surface area contributed by atoms with Crippen molar-refractivity contribution >= 4 is 11.8 Å². The normalized spacial score (nSPS) is 10.0. The van der Waals surface area contributed by atoms with Crippen LogP contribution in [0.4, 0.5) is 0 Å². The molecule has 0 radical (unpaired) electrons. The number of benzene rings is 2. The maximum Gasteiger partial charge on any atom is 0.309 e. The maximum atomic E-state index is 11.8. The zero-order chi connectivity index (χ0) is 19.5. The highest BCUT2D eigenvalue weighted by molar-refractivity contribution is 6.35. The van der Waals surface area contributed by atoms with Crippen LogP contribution < -0.4 is 24.8 Å². The Morgan fingerprint density at radius 1 is 0.815 bits per heavy atom. The molecule has 2 rings (SSSR count). The Balaban J connectivity index is 1.64. The fourth-order valence-electron chi connectivity index (χ4n) is 2.39. The highest BCUT2D eigenvalue weighted by atomic mass is 16.5. The molecule has 0 unspecified atom stereocenters. The Kier molecular flexibility index (Phi) is 7.96. The van der Waals surface area contributed by atoms with Gasteiger partial charge in [0.05, 0.1) is 20.8 Å². The molecule has 0 saturated carbocycles. The summed E-state index contributed by atoms with van der Waals surface area (Å²) in [6.45, 7) is 0.826. The number of carbonyl (C=O) groups is 2. The number of carbonyl (C=O) groups excluding carboxylic acids is 2. The third-order valence-corrected chi connectivity index (χ3v) is 3.79. The fraction of sp³-hybridized carbons (Fsp3) is 0.300. The van der Waals surface area contributed by atoms with Crippen molar-refractivity contribution in [1.82, 2.24) is 10.6 Å². The molecule has 0 spiro atoms. The van der Waals surface area contributed by atoms with Crippen molar-refractivity contribution in [2.75, 3.05) is 33.9 Å². The second kappa shape index (κ2) is 10.7. The van der Waals surface area contributed by atoms with Crippen LogP contribution in [0, 0.1) is 0 Å². The van der Waals surface area contributed by atoms with E-state index in [2.05, 4.69) is 10.6 Å². The van der Waals surface area contributed by atoms with E-state index in [1.807, 2.05) is 24.3 Å². The van der Waals surface area contributed by atoms with Gasteiger partial charge in [-0.15, -0.1) is 0 Å². The maximum absolute atomic E-state index is 11.8. The molecule has 0 saturated heterocycles. The van der Waals surface area contributed by atoms with E-state index >= 15 is 0 Å². The van der Waals surface area contributed by atoms with E-state index in [0.717, 1.165) is 17.1 Å². The quantitative estimate of drug-likeness (QED) is 0.515. The molecule has 0 atom stereocenters. The molecular weight excluding hydrogens is 348 g/mol. The number of para-hydroxylation sites is 1. The molecule has 0 heterocycles.